The van der Waals surface area contributed by atoms with Crippen LogP contribution in [0.15, 0.2) is 24.3 Å². The number of carbonyl (C=O) groups excluding carboxylic acids is 1. The van der Waals surface area contributed by atoms with E-state index in [0.717, 1.165) is 82.4 Å². The Bertz CT molecular complexity index is 988. The van der Waals surface area contributed by atoms with Crippen LogP contribution in [0.2, 0.25) is 0 Å². The summed E-state index contributed by atoms with van der Waals surface area (Å²) in [4.78, 5) is 36.5. The van der Waals surface area contributed by atoms with Gasteiger partial charge in [0.2, 0.25) is 5.91 Å². The van der Waals surface area contributed by atoms with Crippen molar-refractivity contribution in [2.45, 2.75) is 58.2 Å². The number of aromatic amines is 1. The zero-order chi connectivity index (χ0) is 26.7. The van der Waals surface area contributed by atoms with Gasteiger partial charge in [-0.2, -0.15) is 0 Å². The van der Waals surface area contributed by atoms with Crippen molar-refractivity contribution in [2.75, 3.05) is 26.3 Å². The van der Waals surface area contributed by atoms with Gasteiger partial charge < -0.3 is 31.0 Å². The molecule has 36 heavy (non-hydrogen) atoms. The minimum Gasteiger partial charge on any atom is -0.481 e. The molecule has 3 heterocycles. The van der Waals surface area contributed by atoms with Crippen LogP contribution in [0.1, 0.15) is 45.2 Å². The summed E-state index contributed by atoms with van der Waals surface area (Å²) >= 11 is 0. The minimum absolute atomic E-state index is 0.0572. The number of carboxylic acids is 2. The number of halogens is 1. The van der Waals surface area contributed by atoms with Crippen molar-refractivity contribution in [3.63, 3.8) is 0 Å². The highest BCUT2D eigenvalue weighted by molar-refractivity contribution is 5.81. The van der Waals surface area contributed by atoms with Crippen LogP contribution >= 0.6 is 0 Å². The van der Waals surface area contributed by atoms with Gasteiger partial charge in [-0.05, 0) is 49.9 Å². The van der Waals surface area contributed by atoms with Crippen LogP contribution in [-0.2, 0) is 25.7 Å². The summed E-state index contributed by atoms with van der Waals surface area (Å²) in [5.41, 5.74) is 8.02. The lowest BCUT2D eigenvalue weighted by atomic mass is 10.0. The number of nitrogens with two attached hydrogens (primary N) is 1. The Labute approximate surface area is 210 Å². The molecule has 2 atom stereocenters. The first kappa shape index (κ1) is 29.2. The molecule has 6 N–H and O–H groups in total. The van der Waals surface area contributed by atoms with Crippen LogP contribution in [0.4, 0.5) is 4.39 Å². The van der Waals surface area contributed by atoms with Crippen molar-refractivity contribution in [1.29, 1.82) is 0 Å². The molecular weight excluding hydrogens is 471 g/mol. The summed E-state index contributed by atoms with van der Waals surface area (Å²) in [5.74, 6) is -1.92. The Balaban J connectivity index is 0.000000501. The largest absolute Gasteiger partial charge is 0.481 e. The summed E-state index contributed by atoms with van der Waals surface area (Å²) in [5, 5.41) is 18.7. The van der Waals surface area contributed by atoms with Crippen molar-refractivity contribution in [3.05, 3.63) is 35.8 Å². The van der Waals surface area contributed by atoms with E-state index in [1.54, 1.807) is 6.07 Å². The second kappa shape index (κ2) is 14.5. The zero-order valence-corrected chi connectivity index (χ0v) is 20.8. The van der Waals surface area contributed by atoms with Crippen LogP contribution < -0.4 is 11.1 Å². The standard InChI is InChI=1S/C21H29FN4O2.2C2H4O2/c22-16-2-4-20-15(9-16)10-18(25-20)11-24-21(27)14-1-3-17(23)13-26(12-14)19-5-7-28-8-6-19;2*1-2(3)4/h2,4,9-10,14,17,19,25H,1,3,5-8,11-13,23H2,(H,24,27);2*1H3,(H,3,4)/t14-,17+;;/m1../s1. The number of carbonyl (C=O) groups is 3. The number of likely N-dealkylation sites (tertiary alicyclic amines) is 1. The van der Waals surface area contributed by atoms with E-state index >= 15 is 0 Å². The Morgan fingerprint density at radius 3 is 2.36 bits per heavy atom. The first-order chi connectivity index (χ1) is 17.0. The predicted molar refractivity (Wildman–Crippen MR) is 133 cm³/mol. The number of aromatic nitrogens is 1. The van der Waals surface area contributed by atoms with Gasteiger partial charge in [0.25, 0.3) is 11.9 Å². The molecule has 2 aromatic rings. The number of fused-ring (bicyclic) bond motifs is 1. The predicted octanol–water partition coefficient (Wildman–Crippen LogP) is 2.32. The van der Waals surface area contributed by atoms with Gasteiger partial charge in [-0.15, -0.1) is 0 Å². The van der Waals surface area contributed by atoms with E-state index in [9.17, 15) is 9.18 Å². The highest BCUT2D eigenvalue weighted by Gasteiger charge is 2.31. The van der Waals surface area contributed by atoms with E-state index in [1.165, 1.54) is 12.1 Å². The fraction of sp³-hybridized carbons (Fsp3) is 0.560. The minimum atomic E-state index is -0.833. The van der Waals surface area contributed by atoms with E-state index in [0.29, 0.717) is 12.6 Å². The number of nitrogens with zero attached hydrogens (tertiary/aromatic N) is 1. The number of rotatable bonds is 4. The van der Waals surface area contributed by atoms with Crippen molar-refractivity contribution >= 4 is 28.7 Å². The van der Waals surface area contributed by atoms with Gasteiger partial charge >= 0.3 is 0 Å². The molecule has 0 unspecified atom stereocenters. The van der Waals surface area contributed by atoms with Gasteiger partial charge in [-0.3, -0.25) is 19.3 Å². The molecule has 0 radical (unpaired) electrons. The maximum Gasteiger partial charge on any atom is 0.300 e. The van der Waals surface area contributed by atoms with Crippen LogP contribution in [-0.4, -0.2) is 76.3 Å². The summed E-state index contributed by atoms with van der Waals surface area (Å²) in [6.45, 7) is 5.75. The lowest BCUT2D eigenvalue weighted by molar-refractivity contribution is -0.135. The molecule has 2 aliphatic heterocycles. The SMILES string of the molecule is CC(=O)O.CC(=O)O.N[C@H]1CC[C@@H](C(=O)NCc2cc3cc(F)ccc3[nH]2)CN(C2CCOCC2)C1. The van der Waals surface area contributed by atoms with Gasteiger partial charge in [-0.1, -0.05) is 0 Å². The molecule has 1 amide bonds. The normalized spacial score (nSPS) is 20.8. The Morgan fingerprint density at radius 1 is 1.08 bits per heavy atom. The van der Waals surface area contributed by atoms with Crippen LogP contribution in [0.5, 0.6) is 0 Å². The van der Waals surface area contributed by atoms with Crippen molar-refractivity contribution in [2.24, 2.45) is 11.7 Å². The molecule has 11 heteroatoms. The smallest absolute Gasteiger partial charge is 0.300 e. The van der Waals surface area contributed by atoms with E-state index in [2.05, 4.69) is 15.2 Å². The van der Waals surface area contributed by atoms with Crippen LogP contribution in [0.25, 0.3) is 10.9 Å². The molecule has 2 saturated heterocycles. The fourth-order valence-corrected chi connectivity index (χ4v) is 4.40. The first-order valence-electron chi connectivity index (χ1n) is 12.1. The van der Waals surface area contributed by atoms with Gasteiger partial charge in [0, 0.05) is 68.8 Å². The monoisotopic (exact) mass is 508 g/mol. The third-order valence-corrected chi connectivity index (χ3v) is 5.98. The molecule has 0 aliphatic carbocycles. The number of ether oxygens (including phenoxy) is 1. The van der Waals surface area contributed by atoms with E-state index in [4.69, 9.17) is 30.3 Å². The van der Waals surface area contributed by atoms with Gasteiger partial charge in [0.1, 0.15) is 5.82 Å². The maximum absolute atomic E-state index is 13.4. The summed E-state index contributed by atoms with van der Waals surface area (Å²) in [6.07, 6.45) is 3.69. The number of amides is 1. The second-order valence-electron chi connectivity index (χ2n) is 9.11. The summed E-state index contributed by atoms with van der Waals surface area (Å²) in [7, 11) is 0. The average Bonchev–Trinajstić information content (AvgIpc) is 3.10. The number of nitrogens with one attached hydrogen (secondary N) is 2. The Hall–Kier alpha value is -3.02. The van der Waals surface area contributed by atoms with Crippen molar-refractivity contribution < 1.29 is 33.7 Å². The molecular formula is C25H37FN4O6. The average molecular weight is 509 g/mol. The molecule has 0 spiro atoms. The summed E-state index contributed by atoms with van der Waals surface area (Å²) in [6, 6.07) is 7.10. The zero-order valence-electron chi connectivity index (χ0n) is 20.8. The van der Waals surface area contributed by atoms with Crippen molar-refractivity contribution in [1.82, 2.24) is 15.2 Å². The maximum atomic E-state index is 13.4. The molecule has 4 rings (SSSR count). The number of carboxylic acid groups (broad SMARTS) is 2. The van der Waals surface area contributed by atoms with Crippen molar-refractivity contribution in [3.8, 4) is 0 Å². The van der Waals surface area contributed by atoms with E-state index in [-0.39, 0.29) is 23.7 Å². The molecule has 1 aromatic carbocycles. The lowest BCUT2D eigenvalue weighted by Gasteiger charge is -2.35. The highest BCUT2D eigenvalue weighted by atomic mass is 19.1. The van der Waals surface area contributed by atoms with E-state index < -0.39 is 11.9 Å². The van der Waals surface area contributed by atoms with Crippen LogP contribution in [0, 0.1) is 11.7 Å². The third kappa shape index (κ3) is 10.3. The Morgan fingerprint density at radius 2 is 1.72 bits per heavy atom. The fourth-order valence-electron chi connectivity index (χ4n) is 4.40. The lowest BCUT2D eigenvalue weighted by Crippen LogP contribution is -2.47. The number of hydrogen-bond acceptors (Lipinski definition) is 6. The van der Waals surface area contributed by atoms with Crippen LogP contribution in [0.3, 0.4) is 0 Å². The molecule has 0 saturated carbocycles. The number of hydrogen-bond donors (Lipinski definition) is 5. The second-order valence-corrected chi connectivity index (χ2v) is 9.11. The number of H-pyrrole nitrogens is 1. The summed E-state index contributed by atoms with van der Waals surface area (Å²) < 4.78 is 18.8. The number of aliphatic carboxylic acids is 2. The topological polar surface area (TPSA) is 158 Å². The Kier molecular flexibility index (Phi) is 11.8. The third-order valence-electron chi connectivity index (χ3n) is 5.98. The molecule has 0 bridgehead atoms. The highest BCUT2D eigenvalue weighted by Crippen LogP contribution is 2.23. The quantitative estimate of drug-likeness (QED) is 0.421. The molecule has 2 fully saturated rings. The number of benzene rings is 1. The molecule has 1 aromatic heterocycles. The molecule has 200 valence electrons. The molecule has 2 aliphatic rings. The molecule has 10 nitrogen and oxygen atoms in total. The van der Waals surface area contributed by atoms with Gasteiger partial charge in [-0.25, -0.2) is 4.39 Å². The van der Waals surface area contributed by atoms with E-state index in [1.807, 2.05) is 6.07 Å². The van der Waals surface area contributed by atoms with Gasteiger partial charge in [0.15, 0.2) is 0 Å². The van der Waals surface area contributed by atoms with Gasteiger partial charge in [0.05, 0.1) is 12.5 Å². The first-order valence-corrected chi connectivity index (χ1v) is 12.1.